The summed E-state index contributed by atoms with van der Waals surface area (Å²) in [7, 11) is 0. The Morgan fingerprint density at radius 3 is 2.05 bits per heavy atom. The largest absolute Gasteiger partial charge is 0.455 e. The standard InChI is InChI=1S/C45H72O16/c1-21(47)56-33-24(50)19-55-38(34(33)57-22(2)48)60-28-11-13-45-20-44(45)15-14-41(7)35(43(9)12-10-29(61-43)40(5,6)54)23(49)17-42(41,8)27(44)16-25(36(45)39(28,3)4)58-37-32(53)31(52)30(51)26(18-46)59-37/h23-38,46,49-54H,10-20H2,1-9H3/t23-,24-,25+,26-,27+,28+,29+,30-,31+,32+,33-,34-,35-,36+,37-,38+,41-,42+,43+,44+,45-/m1/s1. The number of ether oxygens (including phenoxy) is 7. The van der Waals surface area contributed by atoms with E-state index in [9.17, 15) is 45.3 Å². The molecule has 16 nitrogen and oxygen atoms in total. The van der Waals surface area contributed by atoms with Crippen LogP contribution in [0.5, 0.6) is 0 Å². The van der Waals surface area contributed by atoms with E-state index in [-0.39, 0.29) is 52.1 Å². The first-order valence-corrected chi connectivity index (χ1v) is 22.6. The minimum absolute atomic E-state index is 0.0638. The average Bonchev–Trinajstić information content (AvgIpc) is 3.52. The number of carbonyl (C=O) groups excluding carboxylic acids is 2. The zero-order valence-corrected chi connectivity index (χ0v) is 37.3. The predicted octanol–water partition coefficient (Wildman–Crippen LogP) is 1.87. The Kier molecular flexibility index (Phi) is 11.5. The van der Waals surface area contributed by atoms with Crippen molar-refractivity contribution in [2.75, 3.05) is 13.2 Å². The summed E-state index contributed by atoms with van der Waals surface area (Å²) in [6.45, 7) is 16.1. The summed E-state index contributed by atoms with van der Waals surface area (Å²) in [5.41, 5.74) is -3.46. The van der Waals surface area contributed by atoms with Gasteiger partial charge in [-0.15, -0.1) is 0 Å². The highest BCUT2D eigenvalue weighted by Crippen LogP contribution is 2.89. The number of esters is 2. The van der Waals surface area contributed by atoms with Gasteiger partial charge in [-0.25, -0.2) is 0 Å². The fourth-order valence-electron chi connectivity index (χ4n) is 15.5. The molecule has 0 aromatic rings. The molecule has 5 aliphatic carbocycles. The minimum atomic E-state index is -1.63. The van der Waals surface area contributed by atoms with E-state index < -0.39 is 109 Å². The van der Waals surface area contributed by atoms with Crippen molar-refractivity contribution in [3.63, 3.8) is 0 Å². The Morgan fingerprint density at radius 1 is 0.754 bits per heavy atom. The van der Waals surface area contributed by atoms with Crippen molar-refractivity contribution in [2.45, 2.75) is 211 Å². The molecular weight excluding hydrogens is 796 g/mol. The lowest BCUT2D eigenvalue weighted by molar-refractivity contribution is -0.339. The van der Waals surface area contributed by atoms with E-state index in [0.29, 0.717) is 25.7 Å². The van der Waals surface area contributed by atoms with Crippen LogP contribution >= 0.6 is 0 Å². The number of hydrogen-bond donors (Lipinski definition) is 7. The second-order valence-electron chi connectivity index (χ2n) is 22.2. The predicted molar refractivity (Wildman–Crippen MR) is 213 cm³/mol. The van der Waals surface area contributed by atoms with Crippen LogP contribution in [0.1, 0.15) is 120 Å². The van der Waals surface area contributed by atoms with Crippen LogP contribution in [0.2, 0.25) is 0 Å². The second-order valence-corrected chi connectivity index (χ2v) is 22.2. The van der Waals surface area contributed by atoms with Gasteiger partial charge in [-0.1, -0.05) is 27.7 Å². The second kappa shape index (κ2) is 15.3. The van der Waals surface area contributed by atoms with Crippen LogP contribution in [0.4, 0.5) is 0 Å². The molecular formula is C45H72O16. The Labute approximate surface area is 358 Å². The molecule has 2 spiro atoms. The molecule has 3 aliphatic heterocycles. The summed E-state index contributed by atoms with van der Waals surface area (Å²) in [6, 6.07) is 0. The van der Waals surface area contributed by atoms with Crippen LogP contribution in [0.15, 0.2) is 0 Å². The van der Waals surface area contributed by atoms with E-state index in [4.69, 9.17) is 33.2 Å². The van der Waals surface area contributed by atoms with Crippen LogP contribution in [-0.4, -0.2) is 152 Å². The molecule has 3 heterocycles. The van der Waals surface area contributed by atoms with Crippen molar-refractivity contribution in [1.29, 1.82) is 0 Å². The molecule has 0 aromatic carbocycles. The Bertz CT molecular complexity index is 1680. The maximum atomic E-state index is 12.4. The molecule has 8 rings (SSSR count). The maximum Gasteiger partial charge on any atom is 0.303 e. The first-order chi connectivity index (χ1) is 28.3. The van der Waals surface area contributed by atoms with E-state index in [2.05, 4.69) is 34.6 Å². The number of carbonyl (C=O) groups is 2. The molecule has 16 heteroatoms. The summed E-state index contributed by atoms with van der Waals surface area (Å²) < 4.78 is 43.6. The van der Waals surface area contributed by atoms with Crippen molar-refractivity contribution >= 4 is 11.9 Å². The molecule has 21 atom stereocenters. The Balaban J connectivity index is 1.15. The number of hydrogen-bond acceptors (Lipinski definition) is 16. The fourth-order valence-corrected chi connectivity index (χ4v) is 15.5. The molecule has 0 amide bonds. The van der Waals surface area contributed by atoms with Crippen molar-refractivity contribution < 1.29 is 78.5 Å². The van der Waals surface area contributed by atoms with E-state index in [1.807, 2.05) is 0 Å². The van der Waals surface area contributed by atoms with Crippen molar-refractivity contribution in [1.82, 2.24) is 0 Å². The molecule has 0 radical (unpaired) electrons. The lowest BCUT2D eigenvalue weighted by Crippen LogP contribution is -2.65. The summed E-state index contributed by atoms with van der Waals surface area (Å²) in [4.78, 5) is 24.5. The summed E-state index contributed by atoms with van der Waals surface area (Å²) in [5.74, 6) is -1.67. The van der Waals surface area contributed by atoms with Gasteiger partial charge in [0, 0.05) is 19.8 Å². The maximum absolute atomic E-state index is 12.4. The molecule has 0 unspecified atom stereocenters. The number of aliphatic hydroxyl groups is 7. The third-order valence-electron chi connectivity index (χ3n) is 18.2. The van der Waals surface area contributed by atoms with E-state index in [0.717, 1.165) is 32.1 Å². The third kappa shape index (κ3) is 6.89. The summed E-state index contributed by atoms with van der Waals surface area (Å²) >= 11 is 0. The van der Waals surface area contributed by atoms with E-state index in [1.165, 1.54) is 13.8 Å². The Morgan fingerprint density at radius 2 is 1.43 bits per heavy atom. The number of aliphatic hydroxyl groups excluding tert-OH is 6. The highest BCUT2D eigenvalue weighted by molar-refractivity contribution is 5.67. The molecule has 8 fully saturated rings. The molecule has 0 aromatic heterocycles. The third-order valence-corrected chi connectivity index (χ3v) is 18.2. The molecule has 61 heavy (non-hydrogen) atoms. The smallest absolute Gasteiger partial charge is 0.303 e. The zero-order valence-electron chi connectivity index (χ0n) is 37.3. The number of fused-ring (bicyclic) bond motifs is 2. The molecule has 348 valence electrons. The zero-order chi connectivity index (χ0) is 44.6. The lowest BCUT2D eigenvalue weighted by atomic mass is 9.41. The summed E-state index contributed by atoms with van der Waals surface area (Å²) in [6.07, 6.45) is -7.80. The number of rotatable bonds is 9. The molecule has 0 bridgehead atoms. The van der Waals surface area contributed by atoms with Gasteiger partial charge in [0.2, 0.25) is 0 Å². The summed E-state index contributed by atoms with van der Waals surface area (Å²) in [5, 5.41) is 77.1. The quantitative estimate of drug-likeness (QED) is 0.129. The van der Waals surface area contributed by atoms with Crippen LogP contribution < -0.4 is 0 Å². The van der Waals surface area contributed by atoms with E-state index in [1.54, 1.807) is 13.8 Å². The highest BCUT2D eigenvalue weighted by atomic mass is 16.7. The van der Waals surface area contributed by atoms with Crippen molar-refractivity contribution in [3.05, 3.63) is 0 Å². The van der Waals surface area contributed by atoms with Crippen molar-refractivity contribution in [2.24, 2.45) is 44.8 Å². The first-order valence-electron chi connectivity index (χ1n) is 22.6. The lowest BCUT2D eigenvalue weighted by Gasteiger charge is -2.65. The van der Waals surface area contributed by atoms with Gasteiger partial charge < -0.3 is 68.9 Å². The van der Waals surface area contributed by atoms with E-state index >= 15 is 0 Å². The van der Waals surface area contributed by atoms with Gasteiger partial charge in [0.15, 0.2) is 24.8 Å². The van der Waals surface area contributed by atoms with Gasteiger partial charge in [0.25, 0.3) is 0 Å². The van der Waals surface area contributed by atoms with Gasteiger partial charge in [0.1, 0.15) is 30.5 Å². The Hall–Kier alpha value is -1.54. The van der Waals surface area contributed by atoms with Crippen LogP contribution in [0, 0.1) is 44.8 Å². The van der Waals surface area contributed by atoms with Crippen LogP contribution in [0.3, 0.4) is 0 Å². The average molecular weight is 869 g/mol. The van der Waals surface area contributed by atoms with Gasteiger partial charge in [-0.3, -0.25) is 9.59 Å². The van der Waals surface area contributed by atoms with Crippen molar-refractivity contribution in [3.8, 4) is 0 Å². The molecule has 7 N–H and O–H groups in total. The normalized spacial score (nSPS) is 53.8. The van der Waals surface area contributed by atoms with Crippen LogP contribution in [0.25, 0.3) is 0 Å². The van der Waals surface area contributed by atoms with Gasteiger partial charge >= 0.3 is 11.9 Å². The topological polar surface area (TPSA) is 240 Å². The monoisotopic (exact) mass is 868 g/mol. The van der Waals surface area contributed by atoms with Gasteiger partial charge in [-0.05, 0) is 117 Å². The van der Waals surface area contributed by atoms with Gasteiger partial charge in [-0.2, -0.15) is 0 Å². The van der Waals surface area contributed by atoms with Crippen LogP contribution in [-0.2, 0) is 42.7 Å². The molecule has 5 saturated carbocycles. The minimum Gasteiger partial charge on any atom is -0.455 e. The van der Waals surface area contributed by atoms with Gasteiger partial charge in [0.05, 0.1) is 48.8 Å². The fraction of sp³-hybridized carbons (Fsp3) is 0.956. The first kappa shape index (κ1) is 46.0. The highest BCUT2D eigenvalue weighted by Gasteiger charge is 2.85. The SMILES string of the molecule is CC(=O)O[C@H]1[C@H](O[C@H]2CC[C@]34C[C@]35CC[C@]3(C)[C@H]([C@]6(C)CC[C@@H](C(C)(C)O)O6)[C@H](O)C[C@@]3(C)[C@@H]5C[C@H](O[C@@H]3O[C@H](CO)[C@@H](O)[C@H](O)[C@@H]3O)[C@H]4C2(C)C)OC[C@@H](O)[C@H]1OC(C)=O. The molecule has 8 aliphatic rings. The molecule has 3 saturated heterocycles.